The first-order chi connectivity index (χ1) is 13.4. The van der Waals surface area contributed by atoms with E-state index in [0.29, 0.717) is 22.7 Å². The fourth-order valence-electron chi connectivity index (χ4n) is 2.58. The van der Waals surface area contributed by atoms with Gasteiger partial charge in [-0.3, -0.25) is 14.4 Å². The summed E-state index contributed by atoms with van der Waals surface area (Å²) in [6, 6.07) is 13.8. The van der Waals surface area contributed by atoms with E-state index in [4.69, 9.17) is 9.15 Å². The lowest BCUT2D eigenvalue weighted by Crippen LogP contribution is -2.30. The summed E-state index contributed by atoms with van der Waals surface area (Å²) in [5.74, 6) is -0.581. The molecule has 0 fully saturated rings. The molecule has 0 aliphatic rings. The van der Waals surface area contributed by atoms with Gasteiger partial charge in [0, 0.05) is 17.7 Å². The van der Waals surface area contributed by atoms with Gasteiger partial charge in [0.1, 0.15) is 5.52 Å². The minimum atomic E-state index is -0.955. The average Bonchev–Trinajstić information content (AvgIpc) is 3.09. The molecular formula is C21H20N2O5. The van der Waals surface area contributed by atoms with Gasteiger partial charge in [-0.15, -0.1) is 0 Å². The van der Waals surface area contributed by atoms with E-state index >= 15 is 0 Å². The minimum Gasteiger partial charge on any atom is -0.453 e. The third kappa shape index (κ3) is 4.82. The number of nitrogens with zero attached hydrogens (tertiary/aromatic N) is 1. The van der Waals surface area contributed by atoms with Crippen LogP contribution in [-0.4, -0.2) is 28.7 Å². The first-order valence-electron chi connectivity index (χ1n) is 8.88. The van der Waals surface area contributed by atoms with Crippen molar-refractivity contribution in [3.05, 3.63) is 60.0 Å². The first-order valence-corrected chi connectivity index (χ1v) is 8.88. The molecule has 0 aliphatic heterocycles. The van der Waals surface area contributed by atoms with Crippen molar-refractivity contribution in [1.82, 2.24) is 4.98 Å². The van der Waals surface area contributed by atoms with Crippen molar-refractivity contribution in [2.24, 2.45) is 0 Å². The fraction of sp³-hybridized carbons (Fsp3) is 0.238. The van der Waals surface area contributed by atoms with Crippen LogP contribution in [0.4, 0.5) is 5.69 Å². The highest BCUT2D eigenvalue weighted by Crippen LogP contribution is 2.16. The number of hydrogen-bond donors (Lipinski definition) is 1. The van der Waals surface area contributed by atoms with Gasteiger partial charge in [0.2, 0.25) is 0 Å². The topological polar surface area (TPSA) is 98.5 Å². The van der Waals surface area contributed by atoms with Gasteiger partial charge in [-0.05, 0) is 50.2 Å². The second-order valence-electron chi connectivity index (χ2n) is 6.33. The number of ketones is 1. The molecule has 0 saturated carbocycles. The van der Waals surface area contributed by atoms with Crippen molar-refractivity contribution in [2.45, 2.75) is 32.8 Å². The third-order valence-corrected chi connectivity index (χ3v) is 4.12. The summed E-state index contributed by atoms with van der Waals surface area (Å²) in [7, 11) is 0. The first kappa shape index (κ1) is 19.3. The van der Waals surface area contributed by atoms with Crippen LogP contribution >= 0.6 is 0 Å². The number of carbonyl (C=O) groups is 3. The Labute approximate surface area is 161 Å². The molecule has 0 radical (unpaired) electrons. The Kier molecular flexibility index (Phi) is 5.84. The molecule has 1 amide bonds. The molecule has 7 heteroatoms. The molecule has 0 spiro atoms. The van der Waals surface area contributed by atoms with Crippen LogP contribution in [-0.2, 0) is 20.7 Å². The fourth-order valence-corrected chi connectivity index (χ4v) is 2.58. The number of para-hydroxylation sites is 2. The number of fused-ring (bicyclic) bond motifs is 1. The van der Waals surface area contributed by atoms with Crippen LogP contribution < -0.4 is 5.32 Å². The van der Waals surface area contributed by atoms with E-state index in [0.717, 1.165) is 5.52 Å². The maximum absolute atomic E-state index is 12.2. The van der Waals surface area contributed by atoms with E-state index in [-0.39, 0.29) is 18.6 Å². The van der Waals surface area contributed by atoms with Gasteiger partial charge < -0.3 is 14.5 Å². The molecule has 0 bridgehead atoms. The molecule has 3 aromatic rings. The summed E-state index contributed by atoms with van der Waals surface area (Å²) >= 11 is 0. The van der Waals surface area contributed by atoms with E-state index < -0.39 is 18.0 Å². The Bertz CT molecular complexity index is 974. The van der Waals surface area contributed by atoms with Crippen molar-refractivity contribution in [2.75, 3.05) is 5.32 Å². The lowest BCUT2D eigenvalue weighted by atomic mass is 10.1. The number of aryl methyl sites for hydroxylation is 1. The highest BCUT2D eigenvalue weighted by molar-refractivity contribution is 5.97. The predicted molar refractivity (Wildman–Crippen MR) is 103 cm³/mol. The minimum absolute atomic E-state index is 0.0533. The lowest BCUT2D eigenvalue weighted by Gasteiger charge is -2.13. The van der Waals surface area contributed by atoms with Crippen LogP contribution in [0.1, 0.15) is 36.5 Å². The summed E-state index contributed by atoms with van der Waals surface area (Å²) in [4.78, 5) is 39.7. The second-order valence-corrected chi connectivity index (χ2v) is 6.33. The number of oxazole rings is 1. The number of anilines is 1. The van der Waals surface area contributed by atoms with Crippen LogP contribution in [0.25, 0.3) is 11.1 Å². The Morgan fingerprint density at radius 2 is 1.82 bits per heavy atom. The van der Waals surface area contributed by atoms with E-state index in [9.17, 15) is 14.4 Å². The molecule has 1 aromatic heterocycles. The molecule has 3 rings (SSSR count). The number of nitrogens with one attached hydrogen (secondary N) is 1. The standard InChI is InChI=1S/C21H20N2O5/c1-13(24)15-7-9-16(10-8-15)22-21(26)14(2)27-20(25)12-11-19-23-17-5-3-4-6-18(17)28-19/h3-10,14H,11-12H2,1-2H3,(H,22,26)/t14-/m1/s1. The average molecular weight is 380 g/mol. The molecule has 1 heterocycles. The molecule has 1 N–H and O–H groups in total. The smallest absolute Gasteiger partial charge is 0.307 e. The second kappa shape index (κ2) is 8.47. The highest BCUT2D eigenvalue weighted by Gasteiger charge is 2.18. The number of hydrogen-bond acceptors (Lipinski definition) is 6. The monoisotopic (exact) mass is 380 g/mol. The van der Waals surface area contributed by atoms with Crippen molar-refractivity contribution in [1.29, 1.82) is 0 Å². The molecule has 0 unspecified atom stereocenters. The maximum Gasteiger partial charge on any atom is 0.307 e. The molecule has 0 aliphatic carbocycles. The molecule has 28 heavy (non-hydrogen) atoms. The molecule has 144 valence electrons. The van der Waals surface area contributed by atoms with Gasteiger partial charge >= 0.3 is 5.97 Å². The van der Waals surface area contributed by atoms with Crippen molar-refractivity contribution in [3.8, 4) is 0 Å². The highest BCUT2D eigenvalue weighted by atomic mass is 16.5. The Balaban J connectivity index is 1.48. The number of Topliss-reactive ketones (excluding diaryl/α,β-unsaturated/α-hetero) is 1. The quantitative estimate of drug-likeness (QED) is 0.497. The number of amides is 1. The van der Waals surface area contributed by atoms with Gasteiger partial charge in [-0.25, -0.2) is 4.98 Å². The van der Waals surface area contributed by atoms with Crippen LogP contribution in [0.5, 0.6) is 0 Å². The van der Waals surface area contributed by atoms with Crippen LogP contribution in [0.15, 0.2) is 52.9 Å². The number of benzene rings is 2. The van der Waals surface area contributed by atoms with Crippen molar-refractivity contribution >= 4 is 34.4 Å². The lowest BCUT2D eigenvalue weighted by molar-refractivity contribution is -0.153. The maximum atomic E-state index is 12.2. The van der Waals surface area contributed by atoms with Crippen molar-refractivity contribution < 1.29 is 23.5 Å². The molecule has 0 saturated heterocycles. The molecular weight excluding hydrogens is 360 g/mol. The molecule has 1 atom stereocenters. The normalized spacial score (nSPS) is 11.8. The zero-order valence-corrected chi connectivity index (χ0v) is 15.6. The number of rotatable bonds is 7. The van der Waals surface area contributed by atoms with E-state index in [1.54, 1.807) is 30.3 Å². The number of ether oxygens (including phenoxy) is 1. The molecule has 2 aromatic carbocycles. The Morgan fingerprint density at radius 3 is 2.50 bits per heavy atom. The summed E-state index contributed by atoms with van der Waals surface area (Å²) in [5.41, 5.74) is 2.46. The van der Waals surface area contributed by atoms with E-state index in [1.807, 2.05) is 18.2 Å². The zero-order chi connectivity index (χ0) is 20.1. The Hall–Kier alpha value is -3.48. The van der Waals surface area contributed by atoms with Gasteiger partial charge in [0.25, 0.3) is 5.91 Å². The summed E-state index contributed by atoms with van der Waals surface area (Å²) < 4.78 is 10.7. The van der Waals surface area contributed by atoms with Gasteiger partial charge in [0.15, 0.2) is 23.4 Å². The Morgan fingerprint density at radius 1 is 1.11 bits per heavy atom. The summed E-state index contributed by atoms with van der Waals surface area (Å²) in [6.45, 7) is 2.96. The molecule has 7 nitrogen and oxygen atoms in total. The zero-order valence-electron chi connectivity index (χ0n) is 15.6. The van der Waals surface area contributed by atoms with Crippen LogP contribution in [0.2, 0.25) is 0 Å². The van der Waals surface area contributed by atoms with Gasteiger partial charge in [0.05, 0.1) is 6.42 Å². The van der Waals surface area contributed by atoms with Gasteiger partial charge in [-0.1, -0.05) is 12.1 Å². The predicted octanol–water partition coefficient (Wildman–Crippen LogP) is 3.53. The van der Waals surface area contributed by atoms with Crippen LogP contribution in [0, 0.1) is 0 Å². The van der Waals surface area contributed by atoms with Crippen LogP contribution in [0.3, 0.4) is 0 Å². The third-order valence-electron chi connectivity index (χ3n) is 4.12. The van der Waals surface area contributed by atoms with E-state index in [1.165, 1.54) is 13.8 Å². The van der Waals surface area contributed by atoms with E-state index in [2.05, 4.69) is 10.3 Å². The van der Waals surface area contributed by atoms with Gasteiger partial charge in [-0.2, -0.15) is 0 Å². The number of aromatic nitrogens is 1. The van der Waals surface area contributed by atoms with Crippen molar-refractivity contribution in [3.63, 3.8) is 0 Å². The number of carbonyl (C=O) groups excluding carboxylic acids is 3. The summed E-state index contributed by atoms with van der Waals surface area (Å²) in [5, 5.41) is 2.65. The number of esters is 1. The largest absolute Gasteiger partial charge is 0.453 e. The summed E-state index contributed by atoms with van der Waals surface area (Å²) in [6.07, 6.45) is -0.616. The SMILES string of the molecule is CC(=O)c1ccc(NC(=O)[C@@H](C)OC(=O)CCc2nc3ccccc3o2)cc1.